The average Bonchev–Trinajstić information content (AvgIpc) is 3.18. The number of likely N-dealkylation sites (tertiary alicyclic amines) is 1. The van der Waals surface area contributed by atoms with E-state index in [2.05, 4.69) is 10.3 Å². The van der Waals surface area contributed by atoms with Gasteiger partial charge in [0.15, 0.2) is 5.60 Å². The third kappa shape index (κ3) is 4.82. The summed E-state index contributed by atoms with van der Waals surface area (Å²) in [4.78, 5) is 18.5. The minimum absolute atomic E-state index is 0.114. The number of thiazole rings is 1. The summed E-state index contributed by atoms with van der Waals surface area (Å²) in [5.41, 5.74) is -1.08. The molecule has 1 aromatic heterocycles. The van der Waals surface area contributed by atoms with Crippen molar-refractivity contribution >= 4 is 17.2 Å². The number of ether oxygens (including phenoxy) is 1. The van der Waals surface area contributed by atoms with E-state index < -0.39 is 5.60 Å². The number of methoxy groups -OCH3 is 1. The molecular formula is C19H24FN3O3S. The molecule has 8 heteroatoms. The van der Waals surface area contributed by atoms with Crippen LogP contribution in [0.5, 0.6) is 5.75 Å². The first-order valence-corrected chi connectivity index (χ1v) is 9.83. The highest BCUT2D eigenvalue weighted by Crippen LogP contribution is 2.25. The third-order valence-corrected chi connectivity index (χ3v) is 5.57. The Morgan fingerprint density at radius 3 is 3.07 bits per heavy atom. The summed E-state index contributed by atoms with van der Waals surface area (Å²) >= 11 is 1.58. The number of rotatable bonds is 8. The van der Waals surface area contributed by atoms with Crippen LogP contribution in [0.2, 0.25) is 0 Å². The number of carbonyl (C=O) groups is 1. The number of nitrogens with one attached hydrogen (secondary N) is 1. The number of aromatic nitrogens is 1. The van der Waals surface area contributed by atoms with Crippen molar-refractivity contribution in [3.63, 3.8) is 0 Å². The molecular weight excluding hydrogens is 369 g/mol. The van der Waals surface area contributed by atoms with Crippen molar-refractivity contribution in [2.75, 3.05) is 26.7 Å². The highest BCUT2D eigenvalue weighted by atomic mass is 32.1. The smallest absolute Gasteiger partial charge is 0.256 e. The van der Waals surface area contributed by atoms with E-state index in [9.17, 15) is 14.3 Å². The molecule has 1 fully saturated rings. The summed E-state index contributed by atoms with van der Waals surface area (Å²) in [6.45, 7) is 1.42. The van der Waals surface area contributed by atoms with E-state index in [1.807, 2.05) is 5.38 Å². The molecule has 2 aromatic rings. The fourth-order valence-electron chi connectivity index (χ4n) is 3.25. The molecule has 146 valence electrons. The highest BCUT2D eigenvalue weighted by Gasteiger charge is 2.41. The van der Waals surface area contributed by atoms with Crippen molar-refractivity contribution in [2.24, 2.45) is 0 Å². The molecule has 0 aliphatic carbocycles. The van der Waals surface area contributed by atoms with Gasteiger partial charge in [-0.05, 0) is 31.0 Å². The minimum atomic E-state index is -1.46. The first-order chi connectivity index (χ1) is 13.0. The average molecular weight is 393 g/mol. The van der Waals surface area contributed by atoms with Gasteiger partial charge in [0.25, 0.3) is 5.91 Å². The van der Waals surface area contributed by atoms with Gasteiger partial charge in [-0.2, -0.15) is 0 Å². The predicted molar refractivity (Wildman–Crippen MR) is 101 cm³/mol. The summed E-state index contributed by atoms with van der Waals surface area (Å²) < 4.78 is 19.2. The Labute approximate surface area is 162 Å². The summed E-state index contributed by atoms with van der Waals surface area (Å²) in [5.74, 6) is -0.216. The zero-order chi connectivity index (χ0) is 19.3. The second-order valence-corrected chi connectivity index (χ2v) is 7.65. The molecule has 0 bridgehead atoms. The molecule has 3 rings (SSSR count). The topological polar surface area (TPSA) is 74.7 Å². The molecule has 1 aromatic carbocycles. The Morgan fingerprint density at radius 2 is 2.33 bits per heavy atom. The van der Waals surface area contributed by atoms with Gasteiger partial charge in [-0.1, -0.05) is 0 Å². The summed E-state index contributed by atoms with van der Waals surface area (Å²) in [6.07, 6.45) is 3.57. The van der Waals surface area contributed by atoms with Gasteiger partial charge in [-0.25, -0.2) is 9.37 Å². The van der Waals surface area contributed by atoms with Crippen LogP contribution in [0.4, 0.5) is 4.39 Å². The highest BCUT2D eigenvalue weighted by molar-refractivity contribution is 7.09. The lowest BCUT2D eigenvalue weighted by molar-refractivity contribution is -0.157. The SMILES string of the molecule is COc1ccc(F)c(CN2CCCC(O)(CNCCc3nccs3)C2=O)c1. The summed E-state index contributed by atoms with van der Waals surface area (Å²) in [7, 11) is 1.51. The molecule has 1 amide bonds. The van der Waals surface area contributed by atoms with Crippen LogP contribution >= 0.6 is 11.3 Å². The van der Waals surface area contributed by atoms with Crippen LogP contribution in [0.1, 0.15) is 23.4 Å². The van der Waals surface area contributed by atoms with Gasteiger partial charge in [0, 0.05) is 49.7 Å². The fourth-order valence-corrected chi connectivity index (χ4v) is 3.87. The first-order valence-electron chi connectivity index (χ1n) is 8.95. The van der Waals surface area contributed by atoms with E-state index in [1.54, 1.807) is 29.7 Å². The van der Waals surface area contributed by atoms with Gasteiger partial charge in [-0.15, -0.1) is 11.3 Å². The van der Waals surface area contributed by atoms with E-state index in [1.165, 1.54) is 18.1 Å². The molecule has 0 radical (unpaired) electrons. The predicted octanol–water partition coefficient (Wildman–Crippen LogP) is 1.98. The van der Waals surface area contributed by atoms with Crippen LogP contribution in [-0.2, 0) is 17.8 Å². The number of hydrogen-bond acceptors (Lipinski definition) is 6. The lowest BCUT2D eigenvalue weighted by atomic mass is 9.91. The van der Waals surface area contributed by atoms with Gasteiger partial charge < -0.3 is 20.1 Å². The van der Waals surface area contributed by atoms with Crippen LogP contribution in [-0.4, -0.2) is 53.2 Å². The van der Waals surface area contributed by atoms with Gasteiger partial charge in [0.05, 0.1) is 12.1 Å². The molecule has 1 atom stereocenters. The van der Waals surface area contributed by atoms with Crippen molar-refractivity contribution in [1.82, 2.24) is 15.2 Å². The maximum absolute atomic E-state index is 14.1. The number of hydrogen-bond donors (Lipinski definition) is 2. The van der Waals surface area contributed by atoms with Crippen LogP contribution in [0, 0.1) is 5.82 Å². The van der Waals surface area contributed by atoms with Gasteiger partial charge in [0.2, 0.25) is 0 Å². The van der Waals surface area contributed by atoms with E-state index in [0.29, 0.717) is 37.2 Å². The Morgan fingerprint density at radius 1 is 1.48 bits per heavy atom. The number of carbonyl (C=O) groups excluding carboxylic acids is 1. The van der Waals surface area contributed by atoms with E-state index in [-0.39, 0.29) is 24.8 Å². The zero-order valence-electron chi connectivity index (χ0n) is 15.3. The zero-order valence-corrected chi connectivity index (χ0v) is 16.1. The van der Waals surface area contributed by atoms with E-state index in [4.69, 9.17) is 4.74 Å². The second kappa shape index (κ2) is 8.77. The third-order valence-electron chi connectivity index (χ3n) is 4.73. The molecule has 6 nitrogen and oxygen atoms in total. The Bertz CT molecular complexity index is 772. The number of aliphatic hydroxyl groups is 1. The van der Waals surface area contributed by atoms with Gasteiger partial charge in [0.1, 0.15) is 11.6 Å². The lowest BCUT2D eigenvalue weighted by Crippen LogP contribution is -2.57. The molecule has 2 N–H and O–H groups in total. The molecule has 27 heavy (non-hydrogen) atoms. The van der Waals surface area contributed by atoms with Crippen LogP contribution < -0.4 is 10.1 Å². The van der Waals surface area contributed by atoms with Crippen molar-refractivity contribution in [3.05, 3.63) is 46.2 Å². The largest absolute Gasteiger partial charge is 0.497 e. The maximum Gasteiger partial charge on any atom is 0.256 e. The molecule has 0 saturated carbocycles. The Balaban J connectivity index is 1.59. The van der Waals surface area contributed by atoms with Gasteiger partial charge >= 0.3 is 0 Å². The molecule has 0 spiro atoms. The van der Waals surface area contributed by atoms with Crippen LogP contribution in [0.15, 0.2) is 29.8 Å². The standard InChI is InChI=1S/C19H24FN3O3S/c1-26-15-3-4-16(20)14(11-15)12-23-9-2-6-19(25,18(23)24)13-21-7-5-17-22-8-10-27-17/h3-4,8,10-11,21,25H,2,5-7,9,12-13H2,1H3. The van der Waals surface area contributed by atoms with Gasteiger partial charge in [-0.3, -0.25) is 4.79 Å². The van der Waals surface area contributed by atoms with E-state index in [0.717, 1.165) is 11.4 Å². The van der Waals surface area contributed by atoms with Crippen molar-refractivity contribution in [3.8, 4) is 5.75 Å². The monoisotopic (exact) mass is 393 g/mol. The van der Waals surface area contributed by atoms with Crippen LogP contribution in [0.25, 0.3) is 0 Å². The molecule has 1 saturated heterocycles. The first kappa shape index (κ1) is 19.7. The summed E-state index contributed by atoms with van der Waals surface area (Å²) in [5, 5.41) is 16.9. The van der Waals surface area contributed by atoms with Crippen molar-refractivity contribution in [2.45, 2.75) is 31.4 Å². The van der Waals surface area contributed by atoms with Crippen molar-refractivity contribution in [1.29, 1.82) is 0 Å². The number of nitrogens with zero attached hydrogens (tertiary/aromatic N) is 2. The lowest BCUT2D eigenvalue weighted by Gasteiger charge is -2.38. The molecule has 2 heterocycles. The maximum atomic E-state index is 14.1. The Hall–Kier alpha value is -2.03. The number of amides is 1. The number of piperidine rings is 1. The second-order valence-electron chi connectivity index (χ2n) is 6.67. The number of halogens is 1. The minimum Gasteiger partial charge on any atom is -0.497 e. The normalized spacial score (nSPS) is 20.1. The quantitative estimate of drug-likeness (QED) is 0.671. The number of benzene rings is 1. The Kier molecular flexibility index (Phi) is 6.41. The molecule has 1 aliphatic heterocycles. The van der Waals surface area contributed by atoms with Crippen molar-refractivity contribution < 1.29 is 19.0 Å². The fraction of sp³-hybridized carbons (Fsp3) is 0.474. The van der Waals surface area contributed by atoms with E-state index >= 15 is 0 Å². The molecule has 1 unspecified atom stereocenters. The summed E-state index contributed by atoms with van der Waals surface area (Å²) in [6, 6.07) is 4.46. The molecule has 1 aliphatic rings. The van der Waals surface area contributed by atoms with Crippen LogP contribution in [0.3, 0.4) is 0 Å².